The number of hydrogen-bond acceptors (Lipinski definition) is 5. The van der Waals surface area contributed by atoms with Crippen LogP contribution in [0.3, 0.4) is 0 Å². The molecule has 3 rings (SSSR count). The van der Waals surface area contributed by atoms with Crippen LogP contribution in [0.5, 0.6) is 0 Å². The molecule has 1 amide bonds. The molecule has 0 radical (unpaired) electrons. The zero-order valence-corrected chi connectivity index (χ0v) is 15.2. The Morgan fingerprint density at radius 2 is 1.63 bits per heavy atom. The molecule has 1 heterocycles. The summed E-state index contributed by atoms with van der Waals surface area (Å²) in [6.45, 7) is 0.453. The Hall–Kier alpha value is -2.87. The Morgan fingerprint density at radius 3 is 2.19 bits per heavy atom. The van der Waals surface area contributed by atoms with Gasteiger partial charge in [0.1, 0.15) is 6.04 Å². The lowest BCUT2D eigenvalue weighted by Crippen LogP contribution is -2.47. The number of hydrogen-bond donors (Lipinski definition) is 1. The standard InChI is InChI=1S/C19H18N2O5S/c22-18(20-12-2-1-3-17(20)19(23)24)13-4-8-15(9-5-13)27-16-10-6-14(7-11-16)21(25)26/h4-11,17H,1-3,12H2,(H,23,24). The van der Waals surface area contributed by atoms with Crippen LogP contribution in [0, 0.1) is 10.1 Å². The molecular weight excluding hydrogens is 368 g/mol. The van der Waals surface area contributed by atoms with E-state index in [0.29, 0.717) is 18.5 Å². The molecule has 140 valence electrons. The number of likely N-dealkylation sites (tertiary alicyclic amines) is 1. The number of carbonyl (C=O) groups is 2. The van der Waals surface area contributed by atoms with E-state index in [1.165, 1.54) is 28.8 Å². The molecule has 1 aliphatic rings. The van der Waals surface area contributed by atoms with Crippen molar-refractivity contribution in [2.24, 2.45) is 0 Å². The quantitative estimate of drug-likeness (QED) is 0.619. The van der Waals surface area contributed by atoms with Crippen LogP contribution in [-0.4, -0.2) is 39.4 Å². The number of nitrogens with zero attached hydrogens (tertiary/aromatic N) is 2. The van der Waals surface area contributed by atoms with Crippen molar-refractivity contribution in [3.63, 3.8) is 0 Å². The number of nitro benzene ring substituents is 1. The molecule has 1 unspecified atom stereocenters. The third kappa shape index (κ3) is 4.46. The first-order valence-electron chi connectivity index (χ1n) is 8.52. The first kappa shape index (κ1) is 18.9. The van der Waals surface area contributed by atoms with Crippen molar-refractivity contribution in [2.45, 2.75) is 35.1 Å². The number of non-ortho nitro benzene ring substituents is 1. The van der Waals surface area contributed by atoms with E-state index in [1.54, 1.807) is 36.4 Å². The van der Waals surface area contributed by atoms with Gasteiger partial charge in [-0.25, -0.2) is 4.79 Å². The molecular formula is C19H18N2O5S. The number of rotatable bonds is 5. The maximum Gasteiger partial charge on any atom is 0.326 e. The van der Waals surface area contributed by atoms with Crippen LogP contribution in [0.2, 0.25) is 0 Å². The minimum absolute atomic E-state index is 0.0369. The highest BCUT2D eigenvalue weighted by Crippen LogP contribution is 2.29. The van der Waals surface area contributed by atoms with Gasteiger partial charge in [0.2, 0.25) is 0 Å². The predicted octanol–water partition coefficient (Wildman–Crippen LogP) is 3.83. The molecule has 1 aliphatic heterocycles. The maximum absolute atomic E-state index is 12.7. The van der Waals surface area contributed by atoms with Crippen LogP contribution in [-0.2, 0) is 4.79 Å². The molecule has 0 saturated carbocycles. The van der Waals surface area contributed by atoms with Crippen LogP contribution >= 0.6 is 11.8 Å². The predicted molar refractivity (Wildman–Crippen MR) is 100.0 cm³/mol. The largest absolute Gasteiger partial charge is 0.480 e. The van der Waals surface area contributed by atoms with Crippen molar-refractivity contribution in [3.05, 3.63) is 64.2 Å². The van der Waals surface area contributed by atoms with Crippen molar-refractivity contribution in [1.29, 1.82) is 0 Å². The van der Waals surface area contributed by atoms with Crippen LogP contribution in [0.25, 0.3) is 0 Å². The Kier molecular flexibility index (Phi) is 5.75. The summed E-state index contributed by atoms with van der Waals surface area (Å²) in [5.41, 5.74) is 0.492. The van der Waals surface area contributed by atoms with Crippen molar-refractivity contribution in [2.75, 3.05) is 6.54 Å². The Labute approximate surface area is 160 Å². The fourth-order valence-electron chi connectivity index (χ4n) is 3.03. The van der Waals surface area contributed by atoms with Crippen molar-refractivity contribution in [3.8, 4) is 0 Å². The summed E-state index contributed by atoms with van der Waals surface area (Å²) < 4.78 is 0. The van der Waals surface area contributed by atoms with Gasteiger partial charge in [-0.1, -0.05) is 11.8 Å². The van der Waals surface area contributed by atoms with Gasteiger partial charge in [0.15, 0.2) is 0 Å². The minimum Gasteiger partial charge on any atom is -0.480 e. The third-order valence-corrected chi connectivity index (χ3v) is 5.45. The molecule has 27 heavy (non-hydrogen) atoms. The van der Waals surface area contributed by atoms with E-state index >= 15 is 0 Å². The van der Waals surface area contributed by atoms with E-state index in [2.05, 4.69) is 0 Å². The monoisotopic (exact) mass is 386 g/mol. The molecule has 0 bridgehead atoms. The maximum atomic E-state index is 12.7. The second-order valence-electron chi connectivity index (χ2n) is 6.23. The molecule has 2 aromatic rings. The molecule has 1 atom stereocenters. The molecule has 0 spiro atoms. The van der Waals surface area contributed by atoms with Crippen LogP contribution in [0.4, 0.5) is 5.69 Å². The van der Waals surface area contributed by atoms with Gasteiger partial charge >= 0.3 is 5.97 Å². The number of aliphatic carboxylic acids is 1. The zero-order valence-electron chi connectivity index (χ0n) is 14.4. The normalized spacial score (nSPS) is 16.7. The molecule has 0 aromatic heterocycles. The fourth-order valence-corrected chi connectivity index (χ4v) is 3.85. The summed E-state index contributed by atoms with van der Waals surface area (Å²) in [5.74, 6) is -1.23. The van der Waals surface area contributed by atoms with Crippen LogP contribution < -0.4 is 0 Å². The van der Waals surface area contributed by atoms with E-state index in [4.69, 9.17) is 0 Å². The lowest BCUT2D eigenvalue weighted by atomic mass is 10.0. The molecule has 7 nitrogen and oxygen atoms in total. The van der Waals surface area contributed by atoms with Gasteiger partial charge in [-0.05, 0) is 55.7 Å². The van der Waals surface area contributed by atoms with Gasteiger partial charge in [0, 0.05) is 34.0 Å². The van der Waals surface area contributed by atoms with Crippen molar-refractivity contribution < 1.29 is 19.6 Å². The molecule has 8 heteroatoms. The number of carboxylic acids is 1. The Morgan fingerprint density at radius 1 is 1.04 bits per heavy atom. The zero-order chi connectivity index (χ0) is 19.4. The average molecular weight is 386 g/mol. The first-order valence-corrected chi connectivity index (χ1v) is 9.33. The van der Waals surface area contributed by atoms with Gasteiger partial charge < -0.3 is 10.0 Å². The van der Waals surface area contributed by atoms with E-state index in [0.717, 1.165) is 22.6 Å². The molecule has 1 N–H and O–H groups in total. The molecule has 2 aromatic carbocycles. The van der Waals surface area contributed by atoms with Gasteiger partial charge in [-0.3, -0.25) is 14.9 Å². The third-order valence-electron chi connectivity index (χ3n) is 4.43. The summed E-state index contributed by atoms with van der Waals surface area (Å²) in [7, 11) is 0. The number of carboxylic acid groups (broad SMARTS) is 1. The highest BCUT2D eigenvalue weighted by atomic mass is 32.2. The van der Waals surface area contributed by atoms with Crippen molar-refractivity contribution in [1.82, 2.24) is 4.90 Å². The highest BCUT2D eigenvalue weighted by Gasteiger charge is 2.32. The SMILES string of the molecule is O=C(O)C1CCCCN1C(=O)c1ccc(Sc2ccc([N+](=O)[O-])cc2)cc1. The fraction of sp³-hybridized carbons (Fsp3) is 0.263. The summed E-state index contributed by atoms with van der Waals surface area (Å²) in [5, 5.41) is 20.0. The van der Waals surface area contributed by atoms with Gasteiger partial charge in [-0.15, -0.1) is 0 Å². The first-order chi connectivity index (χ1) is 13.0. The molecule has 1 saturated heterocycles. The summed E-state index contributed by atoms with van der Waals surface area (Å²) >= 11 is 1.43. The number of piperidine rings is 1. The van der Waals surface area contributed by atoms with Crippen LogP contribution in [0.1, 0.15) is 29.6 Å². The number of nitro groups is 1. The second kappa shape index (κ2) is 8.22. The molecule has 1 fully saturated rings. The Bertz CT molecular complexity index is 851. The minimum atomic E-state index is -0.964. The number of carbonyl (C=O) groups excluding carboxylic acids is 1. The van der Waals surface area contributed by atoms with Crippen LogP contribution in [0.15, 0.2) is 58.3 Å². The van der Waals surface area contributed by atoms with E-state index in [1.807, 2.05) is 0 Å². The highest BCUT2D eigenvalue weighted by molar-refractivity contribution is 7.99. The lowest BCUT2D eigenvalue weighted by molar-refractivity contribution is -0.384. The number of benzene rings is 2. The van der Waals surface area contributed by atoms with Gasteiger partial charge in [-0.2, -0.15) is 0 Å². The van der Waals surface area contributed by atoms with Crippen molar-refractivity contribution >= 4 is 29.3 Å². The van der Waals surface area contributed by atoms with E-state index in [9.17, 15) is 24.8 Å². The Balaban J connectivity index is 1.70. The second-order valence-corrected chi connectivity index (χ2v) is 7.37. The van der Waals surface area contributed by atoms with Gasteiger partial charge in [0.25, 0.3) is 11.6 Å². The van der Waals surface area contributed by atoms with E-state index in [-0.39, 0.29) is 11.6 Å². The summed E-state index contributed by atoms with van der Waals surface area (Å²) in [4.78, 5) is 37.5. The smallest absolute Gasteiger partial charge is 0.326 e. The topological polar surface area (TPSA) is 101 Å². The van der Waals surface area contributed by atoms with Gasteiger partial charge in [0.05, 0.1) is 4.92 Å². The molecule has 0 aliphatic carbocycles. The average Bonchev–Trinajstić information content (AvgIpc) is 2.68. The lowest BCUT2D eigenvalue weighted by Gasteiger charge is -2.33. The van der Waals surface area contributed by atoms with E-state index < -0.39 is 16.9 Å². The number of amides is 1. The summed E-state index contributed by atoms with van der Waals surface area (Å²) in [6, 6.07) is 12.4. The summed E-state index contributed by atoms with van der Waals surface area (Å²) in [6.07, 6.45) is 2.10.